The Hall–Kier alpha value is -5.13. The van der Waals surface area contributed by atoms with E-state index in [1.165, 1.54) is 18.4 Å². The normalized spacial score (nSPS) is 25.1. The van der Waals surface area contributed by atoms with Crippen LogP contribution in [-0.2, 0) is 28.0 Å². The number of anilines is 1. The highest BCUT2D eigenvalue weighted by molar-refractivity contribution is 6.36. The minimum absolute atomic E-state index is 0.106. The van der Waals surface area contributed by atoms with Gasteiger partial charge in [-0.2, -0.15) is 0 Å². The molecule has 4 aromatic carbocycles. The third kappa shape index (κ3) is 6.87. The third-order valence-corrected chi connectivity index (χ3v) is 16.5. The second-order valence-corrected chi connectivity index (χ2v) is 20.0. The van der Waals surface area contributed by atoms with Gasteiger partial charge in [-0.1, -0.05) is 48.0 Å². The Bertz CT molecular complexity index is 2510. The van der Waals surface area contributed by atoms with Crippen LogP contribution in [0.1, 0.15) is 113 Å². The van der Waals surface area contributed by atoms with E-state index >= 15 is 4.39 Å². The average molecular weight is 873 g/mol. The van der Waals surface area contributed by atoms with Crippen LogP contribution < -0.4 is 19.7 Å². The van der Waals surface area contributed by atoms with Gasteiger partial charge in [0.1, 0.15) is 29.1 Å². The number of methoxy groups -OCH3 is 1. The minimum Gasteiger partial charge on any atom is -0.508 e. The number of likely N-dealkylation sites (tertiary alicyclic amines) is 1. The lowest BCUT2D eigenvalue weighted by Gasteiger charge is -2.54. The van der Waals surface area contributed by atoms with Crippen molar-refractivity contribution in [2.75, 3.05) is 51.3 Å². The number of carbonyl (C=O) groups excluding carboxylic acids is 3. The van der Waals surface area contributed by atoms with Crippen molar-refractivity contribution in [3.63, 3.8) is 0 Å². The number of aryl methyl sites for hydroxylation is 1. The van der Waals surface area contributed by atoms with E-state index in [1.54, 1.807) is 24.1 Å². The predicted octanol–water partition coefficient (Wildman–Crippen LogP) is 8.24. The van der Waals surface area contributed by atoms with E-state index in [-0.39, 0.29) is 47.1 Å². The fourth-order valence-corrected chi connectivity index (χ4v) is 13.2. The largest absolute Gasteiger partial charge is 0.508 e. The van der Waals surface area contributed by atoms with Gasteiger partial charge in [0.15, 0.2) is 0 Å². The van der Waals surface area contributed by atoms with E-state index in [2.05, 4.69) is 45.4 Å². The molecule has 11 rings (SSSR count). The highest BCUT2D eigenvalue weighted by Gasteiger charge is 2.50. The Balaban J connectivity index is 0.719. The molecule has 7 aliphatic rings. The zero-order valence-electron chi connectivity index (χ0n) is 35.8. The lowest BCUT2D eigenvalue weighted by atomic mass is 9.57. The zero-order valence-corrected chi connectivity index (χ0v) is 36.5. The highest BCUT2D eigenvalue weighted by Crippen LogP contribution is 2.56. The smallest absolute Gasteiger partial charge is 0.256 e. The Labute approximate surface area is 372 Å². The number of nitrogens with one attached hydrogen (secondary N) is 1. The molecule has 0 aromatic heterocycles. The van der Waals surface area contributed by atoms with Crippen LogP contribution >= 0.6 is 11.6 Å². The molecule has 5 heterocycles. The molecule has 0 radical (unpaired) electrons. The number of amides is 3. The summed E-state index contributed by atoms with van der Waals surface area (Å²) in [7, 11) is 1.69. The number of hydrogen-bond donors (Lipinski definition) is 2. The molecule has 12 heteroatoms. The van der Waals surface area contributed by atoms with Gasteiger partial charge in [0.2, 0.25) is 11.8 Å². The lowest BCUT2D eigenvalue weighted by molar-refractivity contribution is -0.136. The summed E-state index contributed by atoms with van der Waals surface area (Å²) in [6, 6.07) is 21.2. The number of ether oxygens (including phenoxy) is 2. The molecule has 10 nitrogen and oxygen atoms in total. The molecule has 0 unspecified atom stereocenters. The van der Waals surface area contributed by atoms with Gasteiger partial charge in [-0.25, -0.2) is 4.39 Å². The number of phenols is 1. The Kier molecular flexibility index (Phi) is 10.0. The lowest BCUT2D eigenvalue weighted by Crippen LogP contribution is -2.52. The molecule has 3 atom stereocenters. The van der Waals surface area contributed by atoms with Crippen molar-refractivity contribution < 1.29 is 33.4 Å². The van der Waals surface area contributed by atoms with Crippen molar-refractivity contribution in [3.05, 3.63) is 117 Å². The maximum atomic E-state index is 16.5. The summed E-state index contributed by atoms with van der Waals surface area (Å²) >= 11 is 6.93. The standard InChI is InChI=1S/C51H54ClFN4O6/c1-62-42-24-41(39(53)23-37(42)45-35(31-5-3-2-4-6-31)9-7-32-21-34(58)8-10-36(32)45)56-19-13-50(14-20-56)25-30(26-50)27-55-17-15-51(16-18-55)29-63-47-38(51)22-33-28-57(49(61)44(33)46(47)52)40-11-12-43(59)54-48(40)60/h2-6,8,10,21-24,30,35,40,45,58H,7,9,11-20,25-29H2,1H3,(H,54,59,60)/t35-,40+,45+/m1/s1. The molecule has 0 bridgehead atoms. The maximum Gasteiger partial charge on any atom is 0.256 e. The topological polar surface area (TPSA) is 112 Å². The number of benzene rings is 4. The third-order valence-electron chi connectivity index (χ3n) is 16.2. The SMILES string of the molecule is COc1cc(N2CCC3(CC2)CC(CN2CCC4(CC2)COc2c4cc4c(c2Cl)C(=O)N([C@H]2CCC(=O)NC2=O)C4)C3)c(F)cc1[C@@H]1c2ccc(O)cc2CC[C@@H]1c1ccccc1. The van der Waals surface area contributed by atoms with Crippen LogP contribution in [-0.4, -0.2) is 85.1 Å². The minimum atomic E-state index is -0.687. The average Bonchev–Trinajstić information content (AvgIpc) is 3.80. The van der Waals surface area contributed by atoms with E-state index in [1.807, 2.05) is 24.3 Å². The highest BCUT2D eigenvalue weighted by atomic mass is 35.5. The van der Waals surface area contributed by atoms with Crippen molar-refractivity contribution >= 4 is 35.0 Å². The van der Waals surface area contributed by atoms with Gasteiger partial charge in [-0.3, -0.25) is 19.7 Å². The number of hydrogen-bond acceptors (Lipinski definition) is 8. The van der Waals surface area contributed by atoms with Crippen LogP contribution in [0.25, 0.3) is 0 Å². The molecule has 2 aliphatic carbocycles. The molecular formula is C51H54ClFN4O6. The van der Waals surface area contributed by atoms with Gasteiger partial charge in [0, 0.05) is 61.1 Å². The summed E-state index contributed by atoms with van der Waals surface area (Å²) in [5.41, 5.74) is 7.40. The molecule has 328 valence electrons. The first kappa shape index (κ1) is 40.6. The van der Waals surface area contributed by atoms with Crippen molar-refractivity contribution in [3.8, 4) is 17.2 Å². The van der Waals surface area contributed by atoms with Gasteiger partial charge < -0.3 is 29.3 Å². The first-order valence-corrected chi connectivity index (χ1v) is 23.2. The summed E-state index contributed by atoms with van der Waals surface area (Å²) in [5, 5.41) is 13.0. The predicted molar refractivity (Wildman–Crippen MR) is 237 cm³/mol. The zero-order chi connectivity index (χ0) is 43.2. The second kappa shape index (κ2) is 15.5. The van der Waals surface area contributed by atoms with Gasteiger partial charge in [0.25, 0.3) is 5.91 Å². The number of aromatic hydroxyl groups is 1. The summed E-state index contributed by atoms with van der Waals surface area (Å²) in [5.74, 6) is 1.03. The molecule has 5 aliphatic heterocycles. The molecule has 63 heavy (non-hydrogen) atoms. The molecule has 1 saturated carbocycles. The number of phenolic OH excluding ortho intramolecular Hbond substituents is 1. The number of rotatable bonds is 7. The monoisotopic (exact) mass is 872 g/mol. The van der Waals surface area contributed by atoms with Gasteiger partial charge in [-0.05, 0) is 135 Å². The molecule has 4 aromatic rings. The summed E-state index contributed by atoms with van der Waals surface area (Å²) < 4.78 is 28.8. The van der Waals surface area contributed by atoms with Crippen molar-refractivity contribution in [2.45, 2.75) is 94.0 Å². The summed E-state index contributed by atoms with van der Waals surface area (Å²) in [4.78, 5) is 44.4. The van der Waals surface area contributed by atoms with Crippen LogP contribution in [0.15, 0.2) is 66.7 Å². The van der Waals surface area contributed by atoms with Gasteiger partial charge in [-0.15, -0.1) is 0 Å². The summed E-state index contributed by atoms with van der Waals surface area (Å²) in [6.07, 6.45) is 8.67. The van der Waals surface area contributed by atoms with Crippen LogP contribution in [0, 0.1) is 17.2 Å². The fourth-order valence-electron chi connectivity index (χ4n) is 12.8. The second-order valence-electron chi connectivity index (χ2n) is 19.6. The van der Waals surface area contributed by atoms with E-state index in [0.29, 0.717) is 58.7 Å². The quantitative estimate of drug-likeness (QED) is 0.179. The van der Waals surface area contributed by atoms with E-state index in [0.717, 1.165) is 99.1 Å². The van der Waals surface area contributed by atoms with Crippen molar-refractivity contribution in [1.82, 2.24) is 15.1 Å². The van der Waals surface area contributed by atoms with Crippen molar-refractivity contribution in [1.29, 1.82) is 0 Å². The van der Waals surface area contributed by atoms with Gasteiger partial charge in [0.05, 0.1) is 30.0 Å². The number of nitrogens with zero attached hydrogens (tertiary/aromatic N) is 3. The Morgan fingerprint density at radius 2 is 1.68 bits per heavy atom. The van der Waals surface area contributed by atoms with E-state index < -0.39 is 11.9 Å². The van der Waals surface area contributed by atoms with Gasteiger partial charge >= 0.3 is 0 Å². The van der Waals surface area contributed by atoms with Crippen LogP contribution in [0.4, 0.5) is 10.1 Å². The molecule has 3 saturated heterocycles. The number of halogens is 2. The number of piperidine rings is 3. The Morgan fingerprint density at radius 3 is 2.43 bits per heavy atom. The van der Waals surface area contributed by atoms with Crippen molar-refractivity contribution in [2.24, 2.45) is 11.3 Å². The molecule has 3 amide bonds. The Morgan fingerprint density at radius 1 is 0.905 bits per heavy atom. The van der Waals surface area contributed by atoms with E-state index in [4.69, 9.17) is 21.1 Å². The first-order chi connectivity index (χ1) is 30.5. The first-order valence-electron chi connectivity index (χ1n) is 22.9. The maximum absolute atomic E-state index is 16.5. The van der Waals surface area contributed by atoms with E-state index in [9.17, 15) is 19.5 Å². The molecule has 2 spiro atoms. The molecular weight excluding hydrogens is 819 g/mol. The number of carbonyl (C=O) groups is 3. The van der Waals surface area contributed by atoms with Crippen LogP contribution in [0.3, 0.4) is 0 Å². The number of fused-ring (bicyclic) bond motifs is 4. The number of imide groups is 1. The molecule has 2 N–H and O–H groups in total. The summed E-state index contributed by atoms with van der Waals surface area (Å²) in [6.45, 7) is 5.50. The molecule has 4 fully saturated rings. The van der Waals surface area contributed by atoms with Crippen LogP contribution in [0.2, 0.25) is 5.02 Å². The fraction of sp³-hybridized carbons (Fsp3) is 0.471. The van der Waals surface area contributed by atoms with Crippen LogP contribution in [0.5, 0.6) is 17.2 Å².